The first-order valence-electron chi connectivity index (χ1n) is 7.51. The largest absolute Gasteiger partial charge is 0.335 e. The van der Waals surface area contributed by atoms with E-state index in [4.69, 9.17) is 0 Å². The van der Waals surface area contributed by atoms with Crippen LogP contribution in [0.15, 0.2) is 30.3 Å². The normalized spacial score (nSPS) is 22.2. The molecule has 0 aromatic heterocycles. The van der Waals surface area contributed by atoms with Crippen molar-refractivity contribution in [2.24, 2.45) is 0 Å². The van der Waals surface area contributed by atoms with Crippen molar-refractivity contribution in [2.45, 2.75) is 37.3 Å². The molecule has 1 aromatic rings. The number of nitrogens with one attached hydrogen (secondary N) is 2. The maximum atomic E-state index is 12.2. The Morgan fingerprint density at radius 2 is 1.85 bits per heavy atom. The summed E-state index contributed by atoms with van der Waals surface area (Å²) in [6.07, 6.45) is 4.17. The molecule has 0 unspecified atom stereocenters. The van der Waals surface area contributed by atoms with E-state index < -0.39 is 0 Å². The predicted molar refractivity (Wildman–Crippen MR) is 79.5 cm³/mol. The maximum Gasteiger partial charge on any atom is 0.315 e. The molecule has 2 fully saturated rings. The van der Waals surface area contributed by atoms with Gasteiger partial charge in [-0.15, -0.1) is 0 Å². The summed E-state index contributed by atoms with van der Waals surface area (Å²) >= 11 is 0. The number of carbonyl (C=O) groups is 1. The van der Waals surface area contributed by atoms with Crippen LogP contribution in [0.1, 0.15) is 31.2 Å². The highest BCUT2D eigenvalue weighted by Crippen LogP contribution is 2.45. The van der Waals surface area contributed by atoms with E-state index in [0.29, 0.717) is 6.04 Å². The number of nitrogens with zero attached hydrogens (tertiary/aromatic N) is 1. The minimum atomic E-state index is -0.114. The lowest BCUT2D eigenvalue weighted by molar-refractivity contribution is 0.210. The van der Waals surface area contributed by atoms with Crippen molar-refractivity contribution in [1.29, 1.82) is 0 Å². The van der Waals surface area contributed by atoms with Crippen LogP contribution in [0.4, 0.5) is 4.79 Å². The lowest BCUT2D eigenvalue weighted by atomic mass is 10.0. The Morgan fingerprint density at radius 3 is 2.45 bits per heavy atom. The van der Waals surface area contributed by atoms with Crippen LogP contribution >= 0.6 is 0 Å². The summed E-state index contributed by atoms with van der Waals surface area (Å²) in [5.41, 5.74) is 1.11. The lowest BCUT2D eigenvalue weighted by Crippen LogP contribution is -2.49. The van der Waals surface area contributed by atoms with E-state index in [0.717, 1.165) is 38.8 Å². The first-order valence-corrected chi connectivity index (χ1v) is 7.51. The highest BCUT2D eigenvalue weighted by Gasteiger charge is 2.45. The van der Waals surface area contributed by atoms with Gasteiger partial charge in [0.1, 0.15) is 0 Å². The fourth-order valence-electron chi connectivity index (χ4n) is 2.96. The SMILES string of the molecule is CN1CCC(NC(=O)NC2(c3ccccc3)CC2)CC1. The topological polar surface area (TPSA) is 44.4 Å². The molecule has 108 valence electrons. The van der Waals surface area contributed by atoms with E-state index in [-0.39, 0.29) is 11.6 Å². The Morgan fingerprint density at radius 1 is 1.20 bits per heavy atom. The molecule has 1 aromatic carbocycles. The number of urea groups is 1. The van der Waals surface area contributed by atoms with Crippen molar-refractivity contribution in [3.05, 3.63) is 35.9 Å². The summed E-state index contributed by atoms with van der Waals surface area (Å²) in [6, 6.07) is 10.6. The molecule has 1 heterocycles. The highest BCUT2D eigenvalue weighted by molar-refractivity contribution is 5.76. The summed E-state index contributed by atoms with van der Waals surface area (Å²) in [6.45, 7) is 2.13. The summed E-state index contributed by atoms with van der Waals surface area (Å²) in [5.74, 6) is 0. The second-order valence-corrected chi connectivity index (χ2v) is 6.12. The molecule has 0 radical (unpaired) electrons. The standard InChI is InChI=1S/C16H23N3O/c1-19-11-7-14(8-12-19)17-15(20)18-16(9-10-16)13-5-3-2-4-6-13/h2-6,14H,7-12H2,1H3,(H2,17,18,20). The van der Waals surface area contributed by atoms with Crippen molar-refractivity contribution in [3.63, 3.8) is 0 Å². The second kappa shape index (κ2) is 5.44. The van der Waals surface area contributed by atoms with E-state index in [1.165, 1.54) is 5.56 Å². The second-order valence-electron chi connectivity index (χ2n) is 6.12. The molecule has 1 aliphatic carbocycles. The number of benzene rings is 1. The van der Waals surface area contributed by atoms with E-state index in [2.05, 4.69) is 34.7 Å². The molecule has 20 heavy (non-hydrogen) atoms. The van der Waals surface area contributed by atoms with Crippen LogP contribution < -0.4 is 10.6 Å². The van der Waals surface area contributed by atoms with Gasteiger partial charge in [-0.2, -0.15) is 0 Å². The Labute approximate surface area is 120 Å². The summed E-state index contributed by atoms with van der Waals surface area (Å²) < 4.78 is 0. The summed E-state index contributed by atoms with van der Waals surface area (Å²) in [4.78, 5) is 14.5. The van der Waals surface area contributed by atoms with Crippen molar-refractivity contribution in [3.8, 4) is 0 Å². The smallest absolute Gasteiger partial charge is 0.315 e. The zero-order chi connectivity index (χ0) is 14.0. The van der Waals surface area contributed by atoms with Gasteiger partial charge in [-0.25, -0.2) is 4.79 Å². The fourth-order valence-corrected chi connectivity index (χ4v) is 2.96. The Hall–Kier alpha value is -1.55. The molecule has 0 bridgehead atoms. The molecule has 2 N–H and O–H groups in total. The molecule has 1 aliphatic heterocycles. The number of piperidine rings is 1. The molecular weight excluding hydrogens is 250 g/mol. The molecule has 4 heteroatoms. The molecule has 3 rings (SSSR count). The average Bonchev–Trinajstić information content (AvgIpc) is 3.23. The monoisotopic (exact) mass is 273 g/mol. The molecule has 0 spiro atoms. The Balaban J connectivity index is 1.54. The first-order chi connectivity index (χ1) is 9.68. The van der Waals surface area contributed by atoms with Gasteiger partial charge in [-0.3, -0.25) is 0 Å². The number of likely N-dealkylation sites (tertiary alicyclic amines) is 1. The van der Waals surface area contributed by atoms with Gasteiger partial charge in [0.15, 0.2) is 0 Å². The number of rotatable bonds is 3. The lowest BCUT2D eigenvalue weighted by Gasteiger charge is -2.30. The van der Waals surface area contributed by atoms with Crippen LogP contribution in [-0.2, 0) is 5.54 Å². The summed E-state index contributed by atoms with van der Waals surface area (Å²) in [5, 5.41) is 6.31. The van der Waals surface area contributed by atoms with Gasteiger partial charge in [0.2, 0.25) is 0 Å². The fraction of sp³-hybridized carbons (Fsp3) is 0.562. The van der Waals surface area contributed by atoms with Crippen LogP contribution in [0, 0.1) is 0 Å². The van der Waals surface area contributed by atoms with Crippen molar-refractivity contribution in [1.82, 2.24) is 15.5 Å². The quantitative estimate of drug-likeness (QED) is 0.885. The minimum Gasteiger partial charge on any atom is -0.335 e. The molecule has 1 saturated heterocycles. The van der Waals surface area contributed by atoms with Gasteiger partial charge in [-0.1, -0.05) is 30.3 Å². The van der Waals surface area contributed by atoms with Gasteiger partial charge >= 0.3 is 6.03 Å². The van der Waals surface area contributed by atoms with Crippen molar-refractivity contribution >= 4 is 6.03 Å². The van der Waals surface area contributed by atoms with E-state index in [9.17, 15) is 4.79 Å². The number of hydrogen-bond donors (Lipinski definition) is 2. The number of hydrogen-bond acceptors (Lipinski definition) is 2. The third-order valence-corrected chi connectivity index (χ3v) is 4.48. The molecular formula is C16H23N3O. The van der Waals surface area contributed by atoms with Crippen LogP contribution in [-0.4, -0.2) is 37.1 Å². The minimum absolute atomic E-state index is 0.0130. The zero-order valence-corrected chi connectivity index (χ0v) is 12.1. The van der Waals surface area contributed by atoms with Gasteiger partial charge in [0.25, 0.3) is 0 Å². The number of amides is 2. The molecule has 2 aliphatic rings. The van der Waals surface area contributed by atoms with Gasteiger partial charge in [0, 0.05) is 6.04 Å². The van der Waals surface area contributed by atoms with Crippen LogP contribution in [0.3, 0.4) is 0 Å². The average molecular weight is 273 g/mol. The van der Waals surface area contributed by atoms with Gasteiger partial charge < -0.3 is 15.5 Å². The number of carbonyl (C=O) groups excluding carboxylic acids is 1. The van der Waals surface area contributed by atoms with E-state index in [1.807, 2.05) is 18.2 Å². The molecule has 4 nitrogen and oxygen atoms in total. The van der Waals surface area contributed by atoms with Crippen LogP contribution in [0.2, 0.25) is 0 Å². The van der Waals surface area contributed by atoms with Crippen LogP contribution in [0.5, 0.6) is 0 Å². The predicted octanol–water partition coefficient (Wildman–Crippen LogP) is 2.07. The van der Waals surface area contributed by atoms with Crippen molar-refractivity contribution in [2.75, 3.05) is 20.1 Å². The summed E-state index contributed by atoms with van der Waals surface area (Å²) in [7, 11) is 2.13. The van der Waals surface area contributed by atoms with Gasteiger partial charge in [-0.05, 0) is 51.4 Å². The van der Waals surface area contributed by atoms with E-state index in [1.54, 1.807) is 0 Å². The van der Waals surface area contributed by atoms with Gasteiger partial charge in [0.05, 0.1) is 5.54 Å². The van der Waals surface area contributed by atoms with Crippen molar-refractivity contribution < 1.29 is 4.79 Å². The molecule has 1 saturated carbocycles. The molecule has 0 atom stereocenters. The third kappa shape index (κ3) is 2.96. The van der Waals surface area contributed by atoms with Crippen LogP contribution in [0.25, 0.3) is 0 Å². The first kappa shape index (κ1) is 13.4. The maximum absolute atomic E-state index is 12.2. The third-order valence-electron chi connectivity index (χ3n) is 4.48. The Bertz CT molecular complexity index is 462. The Kier molecular flexibility index (Phi) is 3.66. The zero-order valence-electron chi connectivity index (χ0n) is 12.1. The highest BCUT2D eigenvalue weighted by atomic mass is 16.2. The molecule has 2 amide bonds. The van der Waals surface area contributed by atoms with E-state index >= 15 is 0 Å².